The van der Waals surface area contributed by atoms with Crippen molar-refractivity contribution in [3.8, 4) is 5.69 Å². The normalized spacial score (nSPS) is 14.7. The zero-order valence-electron chi connectivity index (χ0n) is 17.9. The minimum absolute atomic E-state index is 0.152. The number of amides is 1. The Morgan fingerprint density at radius 2 is 1.90 bits per heavy atom. The van der Waals surface area contributed by atoms with Crippen LogP contribution < -0.4 is 0 Å². The molecule has 2 heterocycles. The van der Waals surface area contributed by atoms with E-state index in [1.807, 2.05) is 15.5 Å². The number of methoxy groups -OCH3 is 1. The first-order valence-corrected chi connectivity index (χ1v) is 10.6. The zero-order chi connectivity index (χ0) is 21.8. The molecule has 0 aliphatic carbocycles. The lowest BCUT2D eigenvalue weighted by atomic mass is 9.89. The average molecular weight is 421 g/mol. The van der Waals surface area contributed by atoms with Crippen LogP contribution in [-0.2, 0) is 14.3 Å². The number of carbonyl (C=O) groups is 2. The number of fused-ring (bicyclic) bond motifs is 1. The molecule has 2 aromatic carbocycles. The maximum Gasteiger partial charge on any atom is 0.338 e. The summed E-state index contributed by atoms with van der Waals surface area (Å²) in [4.78, 5) is 30.2. The van der Waals surface area contributed by atoms with Crippen molar-refractivity contribution in [2.75, 3.05) is 33.4 Å². The lowest BCUT2D eigenvalue weighted by molar-refractivity contribution is -0.129. The summed E-state index contributed by atoms with van der Waals surface area (Å²) in [6, 6.07) is 13.9. The Kier molecular flexibility index (Phi) is 6.32. The van der Waals surface area contributed by atoms with Gasteiger partial charge in [0.25, 0.3) is 0 Å². The molecule has 31 heavy (non-hydrogen) atoms. The van der Waals surface area contributed by atoms with Crippen molar-refractivity contribution in [3.63, 3.8) is 0 Å². The van der Waals surface area contributed by atoms with E-state index < -0.39 is 0 Å². The Balaban J connectivity index is 1.53. The summed E-state index contributed by atoms with van der Waals surface area (Å²) in [5, 5.41) is 0. The van der Waals surface area contributed by atoms with Gasteiger partial charge in [-0.25, -0.2) is 9.78 Å². The Hall–Kier alpha value is -3.19. The molecule has 0 N–H and O–H groups in total. The van der Waals surface area contributed by atoms with Crippen molar-refractivity contribution in [1.82, 2.24) is 14.5 Å². The molecule has 3 aromatic rings. The van der Waals surface area contributed by atoms with E-state index >= 15 is 0 Å². The van der Waals surface area contributed by atoms with E-state index in [2.05, 4.69) is 29.2 Å². The van der Waals surface area contributed by atoms with Crippen LogP contribution in [-0.4, -0.2) is 59.7 Å². The molecule has 0 atom stereocenters. The molecule has 0 spiro atoms. The molecule has 162 valence electrons. The standard InChI is InChI=1S/C24H27N3O4/c1-17(28)26-10-8-18(9-11-26)19-4-3-5-21(14-19)27-16-25-22-15-20(6-7-23(22)27)24(29)31-13-12-30-2/h3-7,14-16,18H,8-13H2,1-2H3. The maximum absolute atomic E-state index is 12.2. The molecule has 7 heteroatoms. The molecular formula is C24H27N3O4. The third-order valence-electron chi connectivity index (χ3n) is 5.86. The molecule has 0 radical (unpaired) electrons. The molecule has 1 aromatic heterocycles. The Labute approximate surface area is 181 Å². The number of benzene rings is 2. The maximum atomic E-state index is 12.2. The lowest BCUT2D eigenvalue weighted by Gasteiger charge is -2.31. The van der Waals surface area contributed by atoms with Crippen molar-refractivity contribution in [2.24, 2.45) is 0 Å². The van der Waals surface area contributed by atoms with Crippen molar-refractivity contribution in [3.05, 3.63) is 59.9 Å². The fourth-order valence-corrected chi connectivity index (χ4v) is 4.10. The number of ether oxygens (including phenoxy) is 2. The molecule has 4 rings (SSSR count). The number of carbonyl (C=O) groups excluding carboxylic acids is 2. The first-order chi connectivity index (χ1) is 15.1. The largest absolute Gasteiger partial charge is 0.460 e. The third kappa shape index (κ3) is 4.61. The van der Waals surface area contributed by atoms with Gasteiger partial charge in [-0.2, -0.15) is 0 Å². The summed E-state index contributed by atoms with van der Waals surface area (Å²) in [5.74, 6) is 0.213. The first-order valence-electron chi connectivity index (χ1n) is 10.6. The number of piperidine rings is 1. The molecule has 0 bridgehead atoms. The zero-order valence-corrected chi connectivity index (χ0v) is 17.9. The van der Waals surface area contributed by atoms with Crippen LogP contribution in [0.4, 0.5) is 0 Å². The van der Waals surface area contributed by atoms with Crippen LogP contribution in [0, 0.1) is 0 Å². The fraction of sp³-hybridized carbons (Fsp3) is 0.375. The molecule has 1 aliphatic rings. The topological polar surface area (TPSA) is 73.7 Å². The third-order valence-corrected chi connectivity index (χ3v) is 5.86. The Morgan fingerprint density at radius 3 is 2.65 bits per heavy atom. The van der Waals surface area contributed by atoms with Gasteiger partial charge in [0.2, 0.25) is 5.91 Å². The van der Waals surface area contributed by atoms with Gasteiger partial charge in [-0.05, 0) is 54.7 Å². The van der Waals surface area contributed by atoms with E-state index in [4.69, 9.17) is 9.47 Å². The number of aromatic nitrogens is 2. The monoisotopic (exact) mass is 421 g/mol. The van der Waals surface area contributed by atoms with E-state index in [1.165, 1.54) is 5.56 Å². The Morgan fingerprint density at radius 1 is 1.10 bits per heavy atom. The molecule has 1 fully saturated rings. The second-order valence-corrected chi connectivity index (χ2v) is 7.82. The van der Waals surface area contributed by atoms with E-state index in [0.29, 0.717) is 18.1 Å². The van der Waals surface area contributed by atoms with Crippen LogP contribution in [0.2, 0.25) is 0 Å². The highest BCUT2D eigenvalue weighted by atomic mass is 16.6. The van der Waals surface area contributed by atoms with Crippen LogP contribution >= 0.6 is 0 Å². The van der Waals surface area contributed by atoms with Gasteiger partial charge >= 0.3 is 5.97 Å². The van der Waals surface area contributed by atoms with Gasteiger partial charge in [-0.15, -0.1) is 0 Å². The van der Waals surface area contributed by atoms with Gasteiger partial charge in [0.15, 0.2) is 0 Å². The first kappa shape index (κ1) is 21.1. The summed E-state index contributed by atoms with van der Waals surface area (Å²) in [5.41, 5.74) is 4.45. The number of imidazole rings is 1. The smallest absolute Gasteiger partial charge is 0.338 e. The molecule has 1 saturated heterocycles. The summed E-state index contributed by atoms with van der Waals surface area (Å²) in [6.45, 7) is 3.84. The Bertz CT molecular complexity index is 1080. The van der Waals surface area contributed by atoms with E-state index in [0.717, 1.165) is 42.7 Å². The van der Waals surface area contributed by atoms with Gasteiger partial charge in [-0.3, -0.25) is 9.36 Å². The van der Waals surface area contributed by atoms with E-state index in [9.17, 15) is 9.59 Å². The average Bonchev–Trinajstić information content (AvgIpc) is 3.22. The minimum atomic E-state index is -0.382. The number of nitrogens with zero attached hydrogens (tertiary/aromatic N) is 3. The van der Waals surface area contributed by atoms with Crippen LogP contribution in [0.25, 0.3) is 16.7 Å². The number of hydrogen-bond donors (Lipinski definition) is 0. The van der Waals surface area contributed by atoms with Gasteiger partial charge in [0, 0.05) is 32.8 Å². The second-order valence-electron chi connectivity index (χ2n) is 7.82. The van der Waals surface area contributed by atoms with E-state index in [1.54, 1.807) is 32.5 Å². The van der Waals surface area contributed by atoms with Crippen LogP contribution in [0.3, 0.4) is 0 Å². The summed E-state index contributed by atoms with van der Waals surface area (Å²) in [7, 11) is 1.57. The van der Waals surface area contributed by atoms with Crippen LogP contribution in [0.1, 0.15) is 41.6 Å². The van der Waals surface area contributed by atoms with Crippen molar-refractivity contribution >= 4 is 22.9 Å². The number of rotatable bonds is 6. The van der Waals surface area contributed by atoms with Crippen molar-refractivity contribution in [1.29, 1.82) is 0 Å². The highest BCUT2D eigenvalue weighted by molar-refractivity contribution is 5.94. The SMILES string of the molecule is COCCOC(=O)c1ccc2c(c1)ncn2-c1cccc(C2CCN(C(C)=O)CC2)c1. The summed E-state index contributed by atoms with van der Waals surface area (Å²) >= 11 is 0. The van der Waals surface area contributed by atoms with Gasteiger partial charge < -0.3 is 14.4 Å². The fourth-order valence-electron chi connectivity index (χ4n) is 4.10. The summed E-state index contributed by atoms with van der Waals surface area (Å²) in [6.07, 6.45) is 3.73. The van der Waals surface area contributed by atoms with Gasteiger partial charge in [-0.1, -0.05) is 12.1 Å². The number of esters is 1. The second kappa shape index (κ2) is 9.31. The highest BCUT2D eigenvalue weighted by Gasteiger charge is 2.22. The quantitative estimate of drug-likeness (QED) is 0.450. The van der Waals surface area contributed by atoms with Gasteiger partial charge in [0.1, 0.15) is 12.9 Å². The number of likely N-dealkylation sites (tertiary alicyclic amines) is 1. The molecule has 0 unspecified atom stereocenters. The van der Waals surface area contributed by atoms with Gasteiger partial charge in [0.05, 0.1) is 23.2 Å². The molecule has 7 nitrogen and oxygen atoms in total. The van der Waals surface area contributed by atoms with Crippen LogP contribution in [0.15, 0.2) is 48.8 Å². The van der Waals surface area contributed by atoms with Crippen molar-refractivity contribution in [2.45, 2.75) is 25.7 Å². The molecule has 1 aliphatic heterocycles. The molecular weight excluding hydrogens is 394 g/mol. The molecule has 0 saturated carbocycles. The van der Waals surface area contributed by atoms with E-state index in [-0.39, 0.29) is 18.5 Å². The lowest BCUT2D eigenvalue weighted by Crippen LogP contribution is -2.36. The predicted molar refractivity (Wildman–Crippen MR) is 117 cm³/mol. The highest BCUT2D eigenvalue weighted by Crippen LogP contribution is 2.30. The number of hydrogen-bond acceptors (Lipinski definition) is 5. The molecule has 1 amide bonds. The van der Waals surface area contributed by atoms with Crippen molar-refractivity contribution < 1.29 is 19.1 Å². The predicted octanol–water partition coefficient (Wildman–Crippen LogP) is 3.55. The van der Waals surface area contributed by atoms with Crippen LogP contribution in [0.5, 0.6) is 0 Å². The minimum Gasteiger partial charge on any atom is -0.460 e. The summed E-state index contributed by atoms with van der Waals surface area (Å²) < 4.78 is 12.1.